The molecule has 0 saturated carbocycles. The molecule has 9 heteroatoms. The number of hydrogen-bond acceptors (Lipinski definition) is 5. The van der Waals surface area contributed by atoms with Crippen LogP contribution >= 0.6 is 0 Å². The van der Waals surface area contributed by atoms with E-state index in [0.717, 1.165) is 22.0 Å². The average Bonchev–Trinajstić information content (AvgIpc) is 3.10. The smallest absolute Gasteiger partial charge is 0.333 e. The standard InChI is InChI=1S/C19H17N5O4/c1-10-4-3-5-13-15(10)12(8-22-13)11(2)24-17-16(20-6-7-21-17)18(27)23(19(24)28)9-14(25)26/h3-8,11,22H,9H2,1-2H3,(H,25,26). The van der Waals surface area contributed by atoms with Gasteiger partial charge in [0.2, 0.25) is 0 Å². The third-order valence-electron chi connectivity index (χ3n) is 4.87. The highest BCUT2D eigenvalue weighted by molar-refractivity contribution is 5.87. The van der Waals surface area contributed by atoms with E-state index in [1.54, 1.807) is 6.92 Å². The Balaban J connectivity index is 2.06. The first-order valence-corrected chi connectivity index (χ1v) is 8.64. The Hall–Kier alpha value is -3.75. The number of nitrogens with one attached hydrogen (secondary N) is 1. The molecule has 4 aromatic rings. The van der Waals surface area contributed by atoms with Crippen molar-refractivity contribution in [3.05, 3.63) is 68.8 Å². The highest BCUT2D eigenvalue weighted by Crippen LogP contribution is 2.29. The highest BCUT2D eigenvalue weighted by Gasteiger charge is 2.23. The lowest BCUT2D eigenvalue weighted by molar-refractivity contribution is -0.137. The van der Waals surface area contributed by atoms with Crippen molar-refractivity contribution in [2.45, 2.75) is 26.4 Å². The number of carboxylic acids is 1. The van der Waals surface area contributed by atoms with Crippen LogP contribution in [-0.4, -0.2) is 35.2 Å². The number of hydrogen-bond donors (Lipinski definition) is 2. The maximum Gasteiger partial charge on any atom is 0.333 e. The SMILES string of the molecule is Cc1cccc2[nH]cc(C(C)n3c(=O)n(CC(=O)O)c(=O)c4nccnc43)c12. The van der Waals surface area contributed by atoms with Crippen LogP contribution < -0.4 is 11.2 Å². The van der Waals surface area contributed by atoms with Gasteiger partial charge in [0, 0.05) is 35.1 Å². The second kappa shape index (κ2) is 6.45. The maximum absolute atomic E-state index is 13.1. The zero-order valence-corrected chi connectivity index (χ0v) is 15.2. The van der Waals surface area contributed by atoms with Gasteiger partial charge in [0.25, 0.3) is 5.56 Å². The molecule has 0 aliphatic rings. The number of fused-ring (bicyclic) bond motifs is 2. The van der Waals surface area contributed by atoms with Crippen LogP contribution in [0.15, 0.2) is 46.4 Å². The van der Waals surface area contributed by atoms with Crippen LogP contribution in [0.1, 0.15) is 24.1 Å². The van der Waals surface area contributed by atoms with Crippen LogP contribution in [-0.2, 0) is 11.3 Å². The molecule has 0 aliphatic heterocycles. The van der Waals surface area contributed by atoms with Gasteiger partial charge in [-0.2, -0.15) is 0 Å². The van der Waals surface area contributed by atoms with Crippen molar-refractivity contribution in [1.82, 2.24) is 24.1 Å². The van der Waals surface area contributed by atoms with Crippen LogP contribution in [0, 0.1) is 6.92 Å². The predicted molar refractivity (Wildman–Crippen MR) is 103 cm³/mol. The second-order valence-electron chi connectivity index (χ2n) is 6.58. The van der Waals surface area contributed by atoms with Crippen LogP contribution in [0.25, 0.3) is 22.1 Å². The summed E-state index contributed by atoms with van der Waals surface area (Å²) in [6.07, 6.45) is 4.54. The third-order valence-corrected chi connectivity index (χ3v) is 4.87. The molecule has 1 atom stereocenters. The Morgan fingerprint density at radius 2 is 2.00 bits per heavy atom. The summed E-state index contributed by atoms with van der Waals surface area (Å²) in [4.78, 5) is 48.3. The topological polar surface area (TPSA) is 123 Å². The van der Waals surface area contributed by atoms with E-state index in [-0.39, 0.29) is 11.2 Å². The molecule has 1 aromatic carbocycles. The molecule has 28 heavy (non-hydrogen) atoms. The molecule has 0 bridgehead atoms. The van der Waals surface area contributed by atoms with Crippen molar-refractivity contribution in [2.75, 3.05) is 0 Å². The van der Waals surface area contributed by atoms with Crippen molar-refractivity contribution in [3.63, 3.8) is 0 Å². The summed E-state index contributed by atoms with van der Waals surface area (Å²) >= 11 is 0. The molecular formula is C19H17N5O4. The van der Waals surface area contributed by atoms with Gasteiger partial charge in [-0.1, -0.05) is 12.1 Å². The zero-order chi connectivity index (χ0) is 20.0. The monoisotopic (exact) mass is 379 g/mol. The third kappa shape index (κ3) is 2.59. The van der Waals surface area contributed by atoms with Gasteiger partial charge in [-0.3, -0.25) is 14.2 Å². The van der Waals surface area contributed by atoms with E-state index >= 15 is 0 Å². The van der Waals surface area contributed by atoms with Crippen LogP contribution in [0.2, 0.25) is 0 Å². The van der Waals surface area contributed by atoms with Crippen molar-refractivity contribution in [2.24, 2.45) is 0 Å². The summed E-state index contributed by atoms with van der Waals surface area (Å²) in [6.45, 7) is 3.03. The second-order valence-corrected chi connectivity index (χ2v) is 6.58. The van der Waals surface area contributed by atoms with Gasteiger partial charge >= 0.3 is 11.7 Å². The number of aromatic amines is 1. The molecular weight excluding hydrogens is 362 g/mol. The van der Waals surface area contributed by atoms with E-state index in [9.17, 15) is 14.4 Å². The molecule has 0 spiro atoms. The minimum absolute atomic E-state index is 0.0493. The van der Waals surface area contributed by atoms with Gasteiger partial charge in [0.1, 0.15) is 6.54 Å². The Morgan fingerprint density at radius 1 is 1.25 bits per heavy atom. The van der Waals surface area contributed by atoms with E-state index in [1.807, 2.05) is 31.3 Å². The van der Waals surface area contributed by atoms with E-state index in [1.165, 1.54) is 17.0 Å². The molecule has 2 N–H and O–H groups in total. The molecule has 0 radical (unpaired) electrons. The Labute approximate surface area is 157 Å². The van der Waals surface area contributed by atoms with E-state index < -0.39 is 29.8 Å². The number of H-pyrrole nitrogens is 1. The first-order chi connectivity index (χ1) is 13.4. The Morgan fingerprint density at radius 3 is 2.75 bits per heavy atom. The highest BCUT2D eigenvalue weighted by atomic mass is 16.4. The van der Waals surface area contributed by atoms with Gasteiger partial charge in [-0.05, 0) is 25.5 Å². The summed E-state index contributed by atoms with van der Waals surface area (Å²) in [5.74, 6) is -1.29. The van der Waals surface area contributed by atoms with Gasteiger partial charge in [-0.25, -0.2) is 19.3 Å². The predicted octanol–water partition coefficient (Wildman–Crippen LogP) is 1.44. The molecule has 3 heterocycles. The summed E-state index contributed by atoms with van der Waals surface area (Å²) in [7, 11) is 0. The molecule has 142 valence electrons. The number of benzene rings is 1. The van der Waals surface area contributed by atoms with E-state index in [4.69, 9.17) is 5.11 Å². The normalized spacial score (nSPS) is 12.5. The number of aryl methyl sites for hydroxylation is 1. The molecule has 0 fully saturated rings. The molecule has 0 saturated heterocycles. The molecule has 1 unspecified atom stereocenters. The van der Waals surface area contributed by atoms with E-state index in [0.29, 0.717) is 4.57 Å². The lowest BCUT2D eigenvalue weighted by Gasteiger charge is -2.18. The van der Waals surface area contributed by atoms with Crippen molar-refractivity contribution >= 4 is 28.0 Å². The maximum atomic E-state index is 13.1. The lowest BCUT2D eigenvalue weighted by Crippen LogP contribution is -2.43. The number of carboxylic acid groups (broad SMARTS) is 1. The van der Waals surface area contributed by atoms with Crippen LogP contribution in [0.4, 0.5) is 0 Å². The van der Waals surface area contributed by atoms with Gasteiger partial charge < -0.3 is 10.1 Å². The summed E-state index contributed by atoms with van der Waals surface area (Å²) < 4.78 is 2.00. The Bertz CT molecular complexity index is 1350. The summed E-state index contributed by atoms with van der Waals surface area (Å²) in [5, 5.41) is 10.1. The summed E-state index contributed by atoms with van der Waals surface area (Å²) in [5.41, 5.74) is 1.35. The fraction of sp³-hybridized carbons (Fsp3) is 0.211. The molecule has 4 rings (SSSR count). The number of carbonyl (C=O) groups is 1. The Kier molecular flexibility index (Phi) is 4.07. The van der Waals surface area contributed by atoms with Crippen LogP contribution in [0.5, 0.6) is 0 Å². The van der Waals surface area contributed by atoms with Crippen molar-refractivity contribution < 1.29 is 9.90 Å². The lowest BCUT2D eigenvalue weighted by atomic mass is 10.0. The summed E-state index contributed by atoms with van der Waals surface area (Å²) in [6, 6.07) is 5.33. The minimum Gasteiger partial charge on any atom is -0.480 e. The molecule has 3 aromatic heterocycles. The van der Waals surface area contributed by atoms with E-state index in [2.05, 4.69) is 15.0 Å². The minimum atomic E-state index is -1.29. The van der Waals surface area contributed by atoms with Gasteiger partial charge in [0.05, 0.1) is 6.04 Å². The number of nitrogens with zero attached hydrogens (tertiary/aromatic N) is 4. The van der Waals surface area contributed by atoms with Gasteiger partial charge in [-0.15, -0.1) is 0 Å². The number of rotatable bonds is 4. The largest absolute Gasteiger partial charge is 0.480 e. The fourth-order valence-electron chi connectivity index (χ4n) is 3.58. The van der Waals surface area contributed by atoms with Crippen molar-refractivity contribution in [1.29, 1.82) is 0 Å². The van der Waals surface area contributed by atoms with Crippen molar-refractivity contribution in [3.8, 4) is 0 Å². The molecule has 9 nitrogen and oxygen atoms in total. The average molecular weight is 379 g/mol. The number of aromatic nitrogens is 5. The number of aliphatic carboxylic acids is 1. The quantitative estimate of drug-likeness (QED) is 0.553. The van der Waals surface area contributed by atoms with Gasteiger partial charge in [0.15, 0.2) is 11.2 Å². The first-order valence-electron chi connectivity index (χ1n) is 8.64. The van der Waals surface area contributed by atoms with Crippen LogP contribution in [0.3, 0.4) is 0 Å². The fourth-order valence-corrected chi connectivity index (χ4v) is 3.58. The first kappa shape index (κ1) is 17.7. The molecule has 0 amide bonds. The zero-order valence-electron chi connectivity index (χ0n) is 15.2. The molecule has 0 aliphatic carbocycles.